The van der Waals surface area contributed by atoms with Gasteiger partial charge in [-0.05, 0) is 25.0 Å². The van der Waals surface area contributed by atoms with Gasteiger partial charge in [0.1, 0.15) is 5.52 Å². The van der Waals surface area contributed by atoms with Crippen molar-refractivity contribution in [1.29, 1.82) is 0 Å². The summed E-state index contributed by atoms with van der Waals surface area (Å²) in [6.07, 6.45) is 2.10. The Balaban J connectivity index is 2.36. The molecule has 1 aliphatic rings. The topological polar surface area (TPSA) is 47.8 Å². The van der Waals surface area contributed by atoms with Crippen LogP contribution in [0, 0.1) is 0 Å². The third-order valence-corrected chi connectivity index (χ3v) is 2.48. The van der Waals surface area contributed by atoms with Crippen LogP contribution in [0.3, 0.4) is 0 Å². The normalized spacial score (nSPS) is 16.0. The van der Waals surface area contributed by atoms with E-state index in [1.807, 2.05) is 12.1 Å². The Morgan fingerprint density at radius 2 is 2.07 bits per heavy atom. The van der Waals surface area contributed by atoms with Crippen LogP contribution in [-0.2, 0) is 0 Å². The molecular formula is C10H9N3O. The Morgan fingerprint density at radius 1 is 1.29 bits per heavy atom. The van der Waals surface area contributed by atoms with Gasteiger partial charge in [0.2, 0.25) is 0 Å². The number of aromatic nitrogens is 3. The van der Waals surface area contributed by atoms with E-state index in [9.17, 15) is 4.79 Å². The minimum atomic E-state index is -0.0156. The Labute approximate surface area is 80.2 Å². The van der Waals surface area contributed by atoms with Crippen LogP contribution in [-0.4, -0.2) is 15.0 Å². The Hall–Kier alpha value is -1.71. The molecule has 1 aliphatic carbocycles. The summed E-state index contributed by atoms with van der Waals surface area (Å²) in [4.78, 5) is 11.9. The first kappa shape index (κ1) is 7.67. The molecule has 4 nitrogen and oxygen atoms in total. The lowest BCUT2D eigenvalue weighted by Gasteiger charge is -2.01. The van der Waals surface area contributed by atoms with Crippen LogP contribution in [0.25, 0.3) is 10.9 Å². The molecule has 1 saturated carbocycles. The summed E-state index contributed by atoms with van der Waals surface area (Å²) < 4.78 is 1.50. The molecule has 0 radical (unpaired) electrons. The zero-order valence-electron chi connectivity index (χ0n) is 7.55. The molecule has 0 unspecified atom stereocenters. The molecular weight excluding hydrogens is 178 g/mol. The van der Waals surface area contributed by atoms with Crippen molar-refractivity contribution in [1.82, 2.24) is 15.0 Å². The maximum absolute atomic E-state index is 11.9. The van der Waals surface area contributed by atoms with E-state index in [0.717, 1.165) is 12.8 Å². The quantitative estimate of drug-likeness (QED) is 0.672. The molecule has 4 heteroatoms. The molecule has 70 valence electrons. The van der Waals surface area contributed by atoms with Gasteiger partial charge in [-0.2, -0.15) is 0 Å². The Kier molecular flexibility index (Phi) is 1.45. The molecule has 1 fully saturated rings. The smallest absolute Gasteiger partial charge is 0.267 e. The van der Waals surface area contributed by atoms with Crippen molar-refractivity contribution in [3.05, 3.63) is 34.6 Å². The largest absolute Gasteiger partial charge is 0.277 e. The molecule has 0 bridgehead atoms. The summed E-state index contributed by atoms with van der Waals surface area (Å²) in [6, 6.07) is 7.60. The first-order chi connectivity index (χ1) is 6.86. The highest BCUT2D eigenvalue weighted by molar-refractivity contribution is 5.76. The average Bonchev–Trinajstić information content (AvgIpc) is 3.03. The van der Waals surface area contributed by atoms with Crippen LogP contribution >= 0.6 is 0 Å². The van der Waals surface area contributed by atoms with Crippen LogP contribution in [0.4, 0.5) is 0 Å². The molecule has 0 atom stereocenters. The number of fused-ring (bicyclic) bond motifs is 1. The van der Waals surface area contributed by atoms with Crippen molar-refractivity contribution in [2.24, 2.45) is 0 Å². The second-order valence-electron chi connectivity index (χ2n) is 3.59. The molecule has 0 amide bonds. The lowest BCUT2D eigenvalue weighted by molar-refractivity contribution is 0.566. The van der Waals surface area contributed by atoms with E-state index >= 15 is 0 Å². The summed E-state index contributed by atoms with van der Waals surface area (Å²) in [6.45, 7) is 0. The van der Waals surface area contributed by atoms with Crippen molar-refractivity contribution in [2.75, 3.05) is 0 Å². The standard InChI is InChI=1S/C10H9N3O/c14-10-8-3-1-2-4-9(8)11-12-13(10)7-5-6-7/h1-4,7H,5-6H2. The lowest BCUT2D eigenvalue weighted by Crippen LogP contribution is -2.23. The molecule has 14 heavy (non-hydrogen) atoms. The van der Waals surface area contributed by atoms with Crippen LogP contribution in [0.1, 0.15) is 18.9 Å². The number of rotatable bonds is 1. The predicted octanol–water partition coefficient (Wildman–Crippen LogP) is 1.13. The van der Waals surface area contributed by atoms with Gasteiger partial charge in [0.05, 0.1) is 11.4 Å². The first-order valence-corrected chi connectivity index (χ1v) is 4.70. The fourth-order valence-electron chi connectivity index (χ4n) is 1.56. The van der Waals surface area contributed by atoms with E-state index in [0.29, 0.717) is 16.9 Å². The third kappa shape index (κ3) is 1.04. The van der Waals surface area contributed by atoms with Gasteiger partial charge in [-0.1, -0.05) is 17.3 Å². The fourth-order valence-corrected chi connectivity index (χ4v) is 1.56. The molecule has 0 aliphatic heterocycles. The second kappa shape index (κ2) is 2.64. The first-order valence-electron chi connectivity index (χ1n) is 4.70. The van der Waals surface area contributed by atoms with Gasteiger partial charge in [0.15, 0.2) is 0 Å². The molecule has 2 aromatic rings. The van der Waals surface area contributed by atoms with Crippen molar-refractivity contribution < 1.29 is 0 Å². The zero-order chi connectivity index (χ0) is 9.54. The molecule has 0 N–H and O–H groups in total. The maximum Gasteiger partial charge on any atom is 0.277 e. The Bertz CT molecular complexity index is 542. The number of hydrogen-bond donors (Lipinski definition) is 0. The van der Waals surface area contributed by atoms with Gasteiger partial charge in [-0.15, -0.1) is 5.10 Å². The van der Waals surface area contributed by atoms with E-state index in [4.69, 9.17) is 0 Å². The van der Waals surface area contributed by atoms with Gasteiger partial charge in [0.25, 0.3) is 5.56 Å². The minimum Gasteiger partial charge on any atom is -0.267 e. The van der Waals surface area contributed by atoms with Gasteiger partial charge in [-0.3, -0.25) is 4.79 Å². The minimum absolute atomic E-state index is 0.0156. The van der Waals surface area contributed by atoms with Crippen LogP contribution in [0.15, 0.2) is 29.1 Å². The highest BCUT2D eigenvalue weighted by Crippen LogP contribution is 2.32. The van der Waals surface area contributed by atoms with Gasteiger partial charge < -0.3 is 0 Å². The van der Waals surface area contributed by atoms with Crippen LogP contribution in [0.5, 0.6) is 0 Å². The highest BCUT2D eigenvalue weighted by atomic mass is 16.1. The molecule has 0 saturated heterocycles. The number of benzene rings is 1. The fraction of sp³-hybridized carbons (Fsp3) is 0.300. The number of nitrogens with zero attached hydrogens (tertiary/aromatic N) is 3. The molecule has 3 rings (SSSR count). The van der Waals surface area contributed by atoms with Crippen LogP contribution in [0.2, 0.25) is 0 Å². The summed E-state index contributed by atoms with van der Waals surface area (Å²) >= 11 is 0. The average molecular weight is 187 g/mol. The maximum atomic E-state index is 11.9. The van der Waals surface area contributed by atoms with E-state index in [1.165, 1.54) is 4.68 Å². The zero-order valence-corrected chi connectivity index (χ0v) is 7.55. The lowest BCUT2D eigenvalue weighted by atomic mass is 10.2. The Morgan fingerprint density at radius 3 is 2.86 bits per heavy atom. The van der Waals surface area contributed by atoms with Crippen molar-refractivity contribution in [2.45, 2.75) is 18.9 Å². The SMILES string of the molecule is O=c1c2ccccc2nnn1C1CC1. The van der Waals surface area contributed by atoms with Gasteiger partial charge in [-0.25, -0.2) is 4.68 Å². The van der Waals surface area contributed by atoms with Gasteiger partial charge in [0, 0.05) is 0 Å². The van der Waals surface area contributed by atoms with Crippen LogP contribution < -0.4 is 5.56 Å². The molecule has 0 spiro atoms. The van der Waals surface area contributed by atoms with E-state index in [-0.39, 0.29) is 5.56 Å². The number of hydrogen-bond acceptors (Lipinski definition) is 3. The van der Waals surface area contributed by atoms with Crippen molar-refractivity contribution in [3.63, 3.8) is 0 Å². The van der Waals surface area contributed by atoms with Crippen molar-refractivity contribution in [3.8, 4) is 0 Å². The molecule has 1 aromatic heterocycles. The van der Waals surface area contributed by atoms with Crippen molar-refractivity contribution >= 4 is 10.9 Å². The summed E-state index contributed by atoms with van der Waals surface area (Å²) in [5, 5.41) is 8.60. The van der Waals surface area contributed by atoms with E-state index < -0.39 is 0 Å². The second-order valence-corrected chi connectivity index (χ2v) is 3.59. The predicted molar refractivity (Wildman–Crippen MR) is 52.1 cm³/mol. The summed E-state index contributed by atoms with van der Waals surface area (Å²) in [5.74, 6) is 0. The van der Waals surface area contributed by atoms with E-state index in [2.05, 4.69) is 10.3 Å². The molecule has 1 aromatic carbocycles. The third-order valence-electron chi connectivity index (χ3n) is 2.48. The summed E-state index contributed by atoms with van der Waals surface area (Å²) in [5.41, 5.74) is 0.660. The highest BCUT2D eigenvalue weighted by Gasteiger charge is 2.26. The molecule has 1 heterocycles. The monoisotopic (exact) mass is 187 g/mol. The van der Waals surface area contributed by atoms with E-state index in [1.54, 1.807) is 12.1 Å². The van der Waals surface area contributed by atoms with Gasteiger partial charge >= 0.3 is 0 Å². The summed E-state index contributed by atoms with van der Waals surface area (Å²) in [7, 11) is 0.